The van der Waals surface area contributed by atoms with Gasteiger partial charge in [0, 0.05) is 12.5 Å². The molecule has 0 saturated carbocycles. The molecule has 0 saturated heterocycles. The summed E-state index contributed by atoms with van der Waals surface area (Å²) in [5.41, 5.74) is 0.232. The van der Waals surface area contributed by atoms with Crippen LogP contribution in [0.5, 0.6) is 5.75 Å². The monoisotopic (exact) mass is 227 g/mol. The minimum Gasteiger partial charge on any atom is -0.508 e. The second-order valence-corrected chi connectivity index (χ2v) is 5.38. The number of hydrogen-bond acceptors (Lipinski definition) is 4. The van der Waals surface area contributed by atoms with Gasteiger partial charge in [-0.15, -0.1) is 0 Å². The Balaban J connectivity index is 2.66. The van der Waals surface area contributed by atoms with Crippen molar-refractivity contribution in [3.63, 3.8) is 0 Å². The molecule has 5 nitrogen and oxygen atoms in total. The molecule has 1 heterocycles. The van der Waals surface area contributed by atoms with E-state index in [0.717, 1.165) is 6.07 Å². The van der Waals surface area contributed by atoms with Crippen LogP contribution >= 0.6 is 0 Å². The van der Waals surface area contributed by atoms with Crippen LogP contribution in [0.25, 0.3) is 0 Å². The van der Waals surface area contributed by atoms with Gasteiger partial charge in [-0.3, -0.25) is 4.79 Å². The number of amides is 1. The molecule has 0 bridgehead atoms. The Bertz CT molecular complexity index is 521. The molecule has 2 rings (SSSR count). The molecular weight excluding hydrogens is 218 g/mol. The number of hydrogen-bond donors (Lipinski definition) is 2. The lowest BCUT2D eigenvalue weighted by atomic mass is 10.3. The van der Waals surface area contributed by atoms with Crippen LogP contribution in [0, 0.1) is 0 Å². The maximum atomic E-state index is 11.7. The highest BCUT2D eigenvalue weighted by molar-refractivity contribution is 7.91. The number of carbonyl (C=O) groups excluding carboxylic acids is 1. The fourth-order valence-corrected chi connectivity index (χ4v) is 2.85. The molecule has 6 heteroatoms. The summed E-state index contributed by atoms with van der Waals surface area (Å²) in [5, 5.41) is 11.7. The van der Waals surface area contributed by atoms with Gasteiger partial charge in [-0.2, -0.15) is 0 Å². The SMILES string of the molecule is O=C1CCS(=O)(=O)c2cc(O)ccc2N1. The standard InChI is InChI=1S/C9H9NO4S/c11-6-1-2-7-8(5-6)15(13,14)4-3-9(12)10-7/h1-2,5,11H,3-4H2,(H,10,12). The summed E-state index contributed by atoms with van der Waals surface area (Å²) in [6.45, 7) is 0. The van der Waals surface area contributed by atoms with Crippen molar-refractivity contribution in [1.82, 2.24) is 0 Å². The van der Waals surface area contributed by atoms with Crippen molar-refractivity contribution in [2.45, 2.75) is 11.3 Å². The molecule has 80 valence electrons. The molecular formula is C9H9NO4S. The van der Waals surface area contributed by atoms with Crippen molar-refractivity contribution in [3.05, 3.63) is 18.2 Å². The summed E-state index contributed by atoms with van der Waals surface area (Å²) in [5.74, 6) is -0.688. The first kappa shape index (κ1) is 9.97. The van der Waals surface area contributed by atoms with E-state index in [0.29, 0.717) is 0 Å². The van der Waals surface area contributed by atoms with Crippen LogP contribution in [0.2, 0.25) is 0 Å². The molecule has 1 aromatic carbocycles. The van der Waals surface area contributed by atoms with Gasteiger partial charge < -0.3 is 10.4 Å². The Morgan fingerprint density at radius 1 is 1.33 bits per heavy atom. The number of nitrogens with one attached hydrogen (secondary N) is 1. The van der Waals surface area contributed by atoms with Crippen molar-refractivity contribution in [2.24, 2.45) is 0 Å². The number of sulfone groups is 1. The lowest BCUT2D eigenvalue weighted by molar-refractivity contribution is -0.115. The Morgan fingerprint density at radius 3 is 2.80 bits per heavy atom. The van der Waals surface area contributed by atoms with Crippen LogP contribution in [0.3, 0.4) is 0 Å². The van der Waals surface area contributed by atoms with E-state index in [1.54, 1.807) is 0 Å². The summed E-state index contributed by atoms with van der Waals surface area (Å²) < 4.78 is 23.4. The lowest BCUT2D eigenvalue weighted by Gasteiger charge is -2.06. The smallest absolute Gasteiger partial charge is 0.225 e. The first-order chi connectivity index (χ1) is 6.99. The Morgan fingerprint density at radius 2 is 2.07 bits per heavy atom. The molecule has 1 amide bonds. The van der Waals surface area contributed by atoms with Gasteiger partial charge in [0.05, 0.1) is 16.3 Å². The third-order valence-corrected chi connectivity index (χ3v) is 3.92. The first-order valence-corrected chi connectivity index (χ1v) is 6.00. The number of fused-ring (bicyclic) bond motifs is 1. The molecule has 0 unspecified atom stereocenters. The maximum Gasteiger partial charge on any atom is 0.225 e. The summed E-state index contributed by atoms with van der Waals surface area (Å²) in [6, 6.07) is 3.86. The van der Waals surface area contributed by atoms with Crippen LogP contribution < -0.4 is 5.32 Å². The predicted octanol–water partition coefficient (Wildman–Crippen LogP) is 0.508. The molecule has 0 fully saturated rings. The highest BCUT2D eigenvalue weighted by Crippen LogP contribution is 2.29. The number of carbonyl (C=O) groups is 1. The van der Waals surface area contributed by atoms with Gasteiger partial charge in [0.25, 0.3) is 0 Å². The van der Waals surface area contributed by atoms with Crippen LogP contribution in [-0.2, 0) is 14.6 Å². The number of anilines is 1. The third-order valence-electron chi connectivity index (χ3n) is 2.17. The largest absolute Gasteiger partial charge is 0.508 e. The quantitative estimate of drug-likeness (QED) is 0.632. The van der Waals surface area contributed by atoms with Gasteiger partial charge in [-0.05, 0) is 12.1 Å². The highest BCUT2D eigenvalue weighted by atomic mass is 32.2. The highest BCUT2D eigenvalue weighted by Gasteiger charge is 2.25. The molecule has 0 aliphatic carbocycles. The van der Waals surface area contributed by atoms with Gasteiger partial charge in [0.2, 0.25) is 5.91 Å². The Hall–Kier alpha value is -1.56. The number of phenolic OH excluding ortho intramolecular Hbond substituents is 1. The van der Waals surface area contributed by atoms with Crippen LogP contribution in [0.15, 0.2) is 23.1 Å². The molecule has 0 spiro atoms. The van der Waals surface area contributed by atoms with Crippen molar-refractivity contribution in [3.8, 4) is 5.75 Å². The molecule has 0 atom stereocenters. The van der Waals surface area contributed by atoms with Crippen molar-refractivity contribution in [1.29, 1.82) is 0 Å². The zero-order valence-corrected chi connectivity index (χ0v) is 8.54. The minimum absolute atomic E-state index is 0.0200. The normalized spacial score (nSPS) is 18.8. The molecule has 2 N–H and O–H groups in total. The van der Waals surface area contributed by atoms with Gasteiger partial charge >= 0.3 is 0 Å². The Labute approximate surface area is 86.7 Å². The summed E-state index contributed by atoms with van der Waals surface area (Å²) >= 11 is 0. The van der Waals surface area contributed by atoms with Crippen molar-refractivity contribution >= 4 is 21.4 Å². The van der Waals surface area contributed by atoms with Crippen LogP contribution in [-0.4, -0.2) is 25.2 Å². The molecule has 1 aliphatic rings. The average molecular weight is 227 g/mol. The summed E-state index contributed by atoms with van der Waals surface area (Å²) in [4.78, 5) is 11.2. The van der Waals surface area contributed by atoms with E-state index in [-0.39, 0.29) is 34.4 Å². The molecule has 1 aromatic rings. The van der Waals surface area contributed by atoms with Gasteiger partial charge in [0.15, 0.2) is 9.84 Å². The third kappa shape index (κ3) is 1.80. The second kappa shape index (κ2) is 3.23. The summed E-state index contributed by atoms with van der Waals surface area (Å²) in [7, 11) is -3.48. The van der Waals surface area contributed by atoms with E-state index in [1.807, 2.05) is 0 Å². The number of benzene rings is 1. The molecule has 15 heavy (non-hydrogen) atoms. The van der Waals surface area contributed by atoms with E-state index in [4.69, 9.17) is 0 Å². The molecule has 1 aliphatic heterocycles. The van der Waals surface area contributed by atoms with Gasteiger partial charge in [-0.25, -0.2) is 8.42 Å². The fraction of sp³-hybridized carbons (Fsp3) is 0.222. The number of rotatable bonds is 0. The van der Waals surface area contributed by atoms with E-state index < -0.39 is 9.84 Å². The molecule has 0 aromatic heterocycles. The number of aromatic hydroxyl groups is 1. The zero-order chi connectivity index (χ0) is 11.1. The minimum atomic E-state index is -3.48. The second-order valence-electron chi connectivity index (χ2n) is 3.30. The van der Waals surface area contributed by atoms with Crippen LogP contribution in [0.4, 0.5) is 5.69 Å². The zero-order valence-electron chi connectivity index (χ0n) is 7.73. The van der Waals surface area contributed by atoms with E-state index >= 15 is 0 Å². The fourth-order valence-electron chi connectivity index (χ4n) is 1.42. The average Bonchev–Trinajstić information content (AvgIpc) is 2.27. The van der Waals surface area contributed by atoms with Crippen LogP contribution in [0.1, 0.15) is 6.42 Å². The van der Waals surface area contributed by atoms with Gasteiger partial charge in [-0.1, -0.05) is 0 Å². The topological polar surface area (TPSA) is 83.5 Å². The van der Waals surface area contributed by atoms with Crippen molar-refractivity contribution < 1.29 is 18.3 Å². The first-order valence-electron chi connectivity index (χ1n) is 4.35. The lowest BCUT2D eigenvalue weighted by Crippen LogP contribution is -2.10. The maximum absolute atomic E-state index is 11.7. The summed E-state index contributed by atoms with van der Waals surface area (Å²) in [6.07, 6.45) is -0.0578. The molecule has 0 radical (unpaired) electrons. The van der Waals surface area contributed by atoms with E-state index in [9.17, 15) is 18.3 Å². The predicted molar refractivity (Wildman–Crippen MR) is 53.4 cm³/mol. The van der Waals surface area contributed by atoms with Crippen molar-refractivity contribution in [2.75, 3.05) is 11.1 Å². The van der Waals surface area contributed by atoms with E-state index in [1.165, 1.54) is 12.1 Å². The van der Waals surface area contributed by atoms with E-state index in [2.05, 4.69) is 5.32 Å². The number of phenols is 1. The Kier molecular flexibility index (Phi) is 2.15. The van der Waals surface area contributed by atoms with Gasteiger partial charge in [0.1, 0.15) is 5.75 Å².